The van der Waals surface area contributed by atoms with E-state index in [1.165, 1.54) is 0 Å². The number of carbonyl (C=O) groups is 4. The van der Waals surface area contributed by atoms with E-state index in [9.17, 15) is 23.6 Å². The van der Waals surface area contributed by atoms with E-state index in [0.29, 0.717) is 19.3 Å². The van der Waals surface area contributed by atoms with Gasteiger partial charge in [-0.15, -0.1) is 0 Å². The lowest BCUT2D eigenvalue weighted by molar-refractivity contribution is -0.138. The van der Waals surface area contributed by atoms with Gasteiger partial charge in [0.25, 0.3) is 0 Å². The van der Waals surface area contributed by atoms with Crippen molar-refractivity contribution < 1.29 is 33.4 Å². The Labute approximate surface area is 249 Å². The molecular weight excluding hydrogens is 555 g/mol. The molecule has 1 saturated carbocycles. The summed E-state index contributed by atoms with van der Waals surface area (Å²) >= 11 is 0. The van der Waals surface area contributed by atoms with Crippen molar-refractivity contribution in [3.63, 3.8) is 0 Å². The molecule has 2 aromatic carbocycles. The number of aliphatic carboxylic acids is 1. The van der Waals surface area contributed by atoms with Crippen molar-refractivity contribution >= 4 is 34.8 Å². The number of aromatic amines is 1. The summed E-state index contributed by atoms with van der Waals surface area (Å²) < 4.78 is 19.9. The zero-order valence-electron chi connectivity index (χ0n) is 24.2. The predicted molar refractivity (Wildman–Crippen MR) is 159 cm³/mol. The van der Waals surface area contributed by atoms with Gasteiger partial charge in [-0.25, -0.2) is 9.18 Å². The number of carboxylic acids is 1. The van der Waals surface area contributed by atoms with Crippen LogP contribution in [0.2, 0.25) is 0 Å². The van der Waals surface area contributed by atoms with Crippen LogP contribution < -0.4 is 16.0 Å². The first-order valence-electron chi connectivity index (χ1n) is 14.6. The molecule has 0 aliphatic heterocycles. The zero-order chi connectivity index (χ0) is 30.8. The molecule has 1 fully saturated rings. The molecule has 1 aromatic heterocycles. The molecule has 4 rings (SSSR count). The number of nitrogens with one attached hydrogen (secondary N) is 4. The van der Waals surface area contributed by atoms with Crippen LogP contribution in [0.15, 0.2) is 60.8 Å². The second-order valence-electron chi connectivity index (χ2n) is 11.3. The molecule has 3 amide bonds. The Balaban J connectivity index is 1.55. The highest BCUT2D eigenvalue weighted by atomic mass is 19.1. The summed E-state index contributed by atoms with van der Waals surface area (Å²) in [6.45, 7) is 1.63. The minimum absolute atomic E-state index is 0.0400. The number of carboxylic acid groups (broad SMARTS) is 1. The summed E-state index contributed by atoms with van der Waals surface area (Å²) in [6.07, 6.45) is 0.972. The molecule has 1 heterocycles. The minimum Gasteiger partial charge on any atom is -0.481 e. The largest absolute Gasteiger partial charge is 0.481 e. The number of alkyl halides is 1. The highest BCUT2D eigenvalue weighted by molar-refractivity contribution is 5.92. The van der Waals surface area contributed by atoms with Gasteiger partial charge in [-0.3, -0.25) is 14.4 Å². The highest BCUT2D eigenvalue weighted by Gasteiger charge is 2.39. The van der Waals surface area contributed by atoms with Gasteiger partial charge in [0, 0.05) is 36.5 Å². The molecule has 43 heavy (non-hydrogen) atoms. The molecule has 230 valence electrons. The second-order valence-corrected chi connectivity index (χ2v) is 11.3. The van der Waals surface area contributed by atoms with Crippen molar-refractivity contribution in [2.75, 3.05) is 6.54 Å². The topological polar surface area (TPSA) is 150 Å². The zero-order valence-corrected chi connectivity index (χ0v) is 24.2. The molecule has 0 radical (unpaired) electrons. The number of halogens is 1. The summed E-state index contributed by atoms with van der Waals surface area (Å²) in [4.78, 5) is 53.5. The van der Waals surface area contributed by atoms with Crippen molar-refractivity contribution in [1.82, 2.24) is 20.9 Å². The number of H-pyrrole nitrogens is 1. The Bertz CT molecular complexity index is 1410. The number of amides is 3. The lowest BCUT2D eigenvalue weighted by atomic mass is 9.90. The van der Waals surface area contributed by atoms with Gasteiger partial charge < -0.3 is 30.8 Å². The van der Waals surface area contributed by atoms with E-state index in [2.05, 4.69) is 20.9 Å². The van der Waals surface area contributed by atoms with Crippen LogP contribution in [0, 0.1) is 0 Å². The average Bonchev–Trinajstić information content (AvgIpc) is 3.38. The fourth-order valence-corrected chi connectivity index (χ4v) is 5.38. The van der Waals surface area contributed by atoms with E-state index in [-0.39, 0.29) is 25.8 Å². The molecule has 0 spiro atoms. The van der Waals surface area contributed by atoms with Gasteiger partial charge in [0.05, 0.1) is 12.5 Å². The van der Waals surface area contributed by atoms with Crippen LogP contribution in [0.25, 0.3) is 10.9 Å². The van der Waals surface area contributed by atoms with E-state index < -0.39 is 47.7 Å². The number of rotatable bonds is 13. The fourth-order valence-electron chi connectivity index (χ4n) is 5.38. The van der Waals surface area contributed by atoms with Crippen molar-refractivity contribution in [2.45, 2.75) is 82.1 Å². The fraction of sp³-hybridized carbons (Fsp3) is 0.438. The summed E-state index contributed by atoms with van der Waals surface area (Å²) in [5.74, 6) is -2.05. The summed E-state index contributed by atoms with van der Waals surface area (Å²) in [5, 5.41) is 18.2. The number of hydrogen-bond acceptors (Lipinski definition) is 5. The van der Waals surface area contributed by atoms with Crippen LogP contribution in [0.4, 0.5) is 9.18 Å². The number of fused-ring (bicyclic) bond motifs is 1. The number of benzene rings is 2. The van der Waals surface area contributed by atoms with Crippen LogP contribution in [-0.4, -0.2) is 64.4 Å². The standard InChI is InChI=1S/C32H39FN4O6/c1-32(18-22-19-34-26-13-7-5-11-24(22)26,37-31(42)43-27-14-8-6-12-25(27)33)30(41)36-23(17-21-9-3-2-4-10-21)20-35-28(38)15-16-29(39)40/h2-5,7,9-11,13,19,23,25,27,34H,6,8,12,14-18,20H2,1H3,(H,35,38)(H,36,41)(H,37,42)(H,39,40)/t23-,25+,27-,32?/m1/s1. The third-order valence-electron chi connectivity index (χ3n) is 7.75. The predicted octanol–water partition coefficient (Wildman–Crippen LogP) is 4.18. The molecule has 0 bridgehead atoms. The van der Waals surface area contributed by atoms with Gasteiger partial charge in [0.2, 0.25) is 11.8 Å². The van der Waals surface area contributed by atoms with Gasteiger partial charge in [-0.05, 0) is 49.8 Å². The Hall–Kier alpha value is -4.41. The first-order chi connectivity index (χ1) is 20.6. The lowest BCUT2D eigenvalue weighted by Crippen LogP contribution is -2.61. The molecule has 3 aromatic rings. The lowest BCUT2D eigenvalue weighted by Gasteiger charge is -2.33. The number of aromatic nitrogens is 1. The summed E-state index contributed by atoms with van der Waals surface area (Å²) in [5.41, 5.74) is 1.06. The van der Waals surface area contributed by atoms with Gasteiger partial charge in [-0.2, -0.15) is 0 Å². The number of ether oxygens (including phenoxy) is 1. The Kier molecular flexibility index (Phi) is 10.7. The molecule has 1 aliphatic rings. The maximum atomic E-state index is 14.5. The number of alkyl carbamates (subject to hydrolysis) is 1. The number of hydrogen-bond donors (Lipinski definition) is 5. The Morgan fingerprint density at radius 3 is 2.51 bits per heavy atom. The van der Waals surface area contributed by atoms with E-state index in [1.54, 1.807) is 13.1 Å². The Morgan fingerprint density at radius 2 is 1.77 bits per heavy atom. The van der Waals surface area contributed by atoms with E-state index in [4.69, 9.17) is 9.84 Å². The van der Waals surface area contributed by atoms with Gasteiger partial charge >= 0.3 is 12.1 Å². The summed E-state index contributed by atoms with van der Waals surface area (Å²) in [7, 11) is 0. The van der Waals surface area contributed by atoms with Crippen molar-refractivity contribution in [3.8, 4) is 0 Å². The molecule has 4 atom stereocenters. The highest BCUT2D eigenvalue weighted by Crippen LogP contribution is 2.26. The van der Waals surface area contributed by atoms with Gasteiger partial charge in [-0.1, -0.05) is 55.0 Å². The average molecular weight is 595 g/mol. The van der Waals surface area contributed by atoms with Crippen LogP contribution in [0.3, 0.4) is 0 Å². The van der Waals surface area contributed by atoms with Crippen molar-refractivity contribution in [3.05, 3.63) is 71.9 Å². The third-order valence-corrected chi connectivity index (χ3v) is 7.75. The molecule has 11 heteroatoms. The number of carbonyl (C=O) groups excluding carboxylic acids is 3. The molecule has 1 aliphatic carbocycles. The SMILES string of the molecule is CC(Cc1c[nH]c2ccccc12)(NC(=O)O[C@@H]1CCCC[C@@H]1F)C(=O)N[C@@H](CNC(=O)CCC(=O)O)Cc1ccccc1. The maximum Gasteiger partial charge on any atom is 0.408 e. The smallest absolute Gasteiger partial charge is 0.408 e. The van der Waals surface area contributed by atoms with Gasteiger partial charge in [0.15, 0.2) is 0 Å². The van der Waals surface area contributed by atoms with E-state index in [1.807, 2.05) is 54.6 Å². The maximum absolute atomic E-state index is 14.5. The Morgan fingerprint density at radius 1 is 1.05 bits per heavy atom. The van der Waals surface area contributed by atoms with Crippen LogP contribution >= 0.6 is 0 Å². The monoisotopic (exact) mass is 594 g/mol. The quantitative estimate of drug-likeness (QED) is 0.200. The second kappa shape index (κ2) is 14.7. The molecule has 10 nitrogen and oxygen atoms in total. The van der Waals surface area contributed by atoms with Crippen LogP contribution in [0.5, 0.6) is 0 Å². The molecule has 0 saturated heterocycles. The van der Waals surface area contributed by atoms with Crippen LogP contribution in [0.1, 0.15) is 56.6 Å². The van der Waals surface area contributed by atoms with E-state index in [0.717, 1.165) is 34.9 Å². The van der Waals surface area contributed by atoms with Crippen molar-refractivity contribution in [2.24, 2.45) is 0 Å². The molecular formula is C32H39FN4O6. The number of para-hydroxylation sites is 1. The summed E-state index contributed by atoms with van der Waals surface area (Å²) in [6, 6.07) is 16.4. The van der Waals surface area contributed by atoms with Crippen LogP contribution in [-0.2, 0) is 32.0 Å². The molecule has 5 N–H and O–H groups in total. The van der Waals surface area contributed by atoms with E-state index >= 15 is 0 Å². The first-order valence-corrected chi connectivity index (χ1v) is 14.6. The van der Waals surface area contributed by atoms with Gasteiger partial charge in [0.1, 0.15) is 17.8 Å². The normalized spacial score (nSPS) is 18.7. The van der Waals surface area contributed by atoms with Crippen molar-refractivity contribution in [1.29, 1.82) is 0 Å². The minimum atomic E-state index is -1.51. The first kappa shape index (κ1) is 31.5. The third kappa shape index (κ3) is 9.04. The molecule has 1 unspecified atom stereocenters.